The van der Waals surface area contributed by atoms with E-state index in [4.69, 9.17) is 5.73 Å². The number of unbranched alkanes of at least 4 members (excludes halogenated alkanes) is 3. The molecule has 1 heterocycles. The van der Waals surface area contributed by atoms with E-state index in [2.05, 4.69) is 59.4 Å². The Balaban J connectivity index is 1.27. The molecule has 0 spiro atoms. The molecule has 0 saturated carbocycles. The third-order valence-corrected chi connectivity index (χ3v) is 15.6. The fourth-order valence-corrected chi connectivity index (χ4v) is 10.2. The normalized spacial score (nSPS) is 14.8. The lowest BCUT2D eigenvalue weighted by molar-refractivity contribution is -0.140. The van der Waals surface area contributed by atoms with Crippen LogP contribution in [0.25, 0.3) is 0 Å². The fourth-order valence-electron chi connectivity index (χ4n) is 10.2. The summed E-state index contributed by atoms with van der Waals surface area (Å²) in [4.78, 5) is 136. The number of allylic oxidation sites excluding steroid dienone is 5. The highest BCUT2D eigenvalue weighted by molar-refractivity contribution is 5.98. The summed E-state index contributed by atoms with van der Waals surface area (Å²) in [5.74, 6) is -5.38. The zero-order valence-electron chi connectivity index (χ0n) is 55.5. The van der Waals surface area contributed by atoms with E-state index in [1.54, 1.807) is 64.1 Å². The van der Waals surface area contributed by atoms with Gasteiger partial charge in [0.1, 0.15) is 18.0 Å². The quantitative estimate of drug-likeness (QED) is 0.0127. The van der Waals surface area contributed by atoms with E-state index in [1.807, 2.05) is 53.5 Å². The third kappa shape index (κ3) is 34.1. The Morgan fingerprint density at radius 1 is 0.577 bits per heavy atom. The topological polar surface area (TPSA) is 411 Å². The Morgan fingerprint density at radius 2 is 1.13 bits per heavy atom. The van der Waals surface area contributed by atoms with Crippen molar-refractivity contribution >= 4 is 71.4 Å². The van der Waals surface area contributed by atoms with Crippen molar-refractivity contribution in [3.05, 3.63) is 132 Å². The number of nitrogens with one attached hydrogen (secondary N) is 9. The second-order valence-corrected chi connectivity index (χ2v) is 23.1. The van der Waals surface area contributed by atoms with E-state index < -0.39 is 48.0 Å². The number of hydrogen-bond donors (Lipinski definition) is 14. The summed E-state index contributed by atoms with van der Waals surface area (Å²) < 4.78 is 0. The van der Waals surface area contributed by atoms with Crippen molar-refractivity contribution in [2.75, 3.05) is 123 Å². The lowest BCUT2D eigenvalue weighted by atomic mass is 9.91. The van der Waals surface area contributed by atoms with Gasteiger partial charge in [-0.1, -0.05) is 74.6 Å². The van der Waals surface area contributed by atoms with Crippen LogP contribution in [-0.2, 0) is 40.1 Å². The van der Waals surface area contributed by atoms with Gasteiger partial charge in [-0.25, -0.2) is 4.79 Å². The number of carbonyl (C=O) groups is 10. The molecule has 15 N–H and O–H groups in total. The zero-order chi connectivity index (χ0) is 70.6. The van der Waals surface area contributed by atoms with E-state index in [0.717, 1.165) is 35.9 Å². The molecular formula is C68H99N15O14. The first-order chi connectivity index (χ1) is 46.8. The fraction of sp³-hybridized carbons (Fsp3) is 0.485. The summed E-state index contributed by atoms with van der Waals surface area (Å²) in [5, 5.41) is 64.7. The number of rotatable bonds is 42. The van der Waals surface area contributed by atoms with E-state index >= 15 is 0 Å². The predicted molar refractivity (Wildman–Crippen MR) is 369 cm³/mol. The van der Waals surface area contributed by atoms with E-state index in [-0.39, 0.29) is 140 Å². The van der Waals surface area contributed by atoms with Gasteiger partial charge in [0.2, 0.25) is 17.7 Å². The number of guanidine groups is 1. The van der Waals surface area contributed by atoms with Crippen molar-refractivity contribution in [1.29, 1.82) is 0 Å². The number of aldehydes is 1. The second-order valence-electron chi connectivity index (χ2n) is 23.1. The Kier molecular flexibility index (Phi) is 38.3. The van der Waals surface area contributed by atoms with Crippen LogP contribution in [0.15, 0.2) is 115 Å². The van der Waals surface area contributed by atoms with Gasteiger partial charge in [-0.05, 0) is 118 Å². The molecule has 1 aliphatic rings. The molecule has 3 atom stereocenters. The number of anilines is 1. The smallest absolute Gasteiger partial charge is 0.344 e. The van der Waals surface area contributed by atoms with Crippen molar-refractivity contribution in [3.8, 4) is 5.75 Å². The molecule has 1 fully saturated rings. The zero-order valence-corrected chi connectivity index (χ0v) is 55.5. The lowest BCUT2D eigenvalue weighted by Gasteiger charge is -2.35. The Morgan fingerprint density at radius 3 is 1.70 bits per heavy atom. The number of phenolic OH excluding ortho intramolecular Hbond substituents is 1. The number of nitrogens with zero attached hydrogens (tertiary/aromatic N) is 5. The number of aromatic hydroxyl groups is 1. The van der Waals surface area contributed by atoms with E-state index in [0.29, 0.717) is 82.3 Å². The number of nitrogens with two attached hydrogens (primary N) is 1. The SMILES string of the molecule is C=C/C=C\C=C/CCCCC(C(=O)N[C@H](CCCN/C(N)=N\C(=O)NCCNC(=O)CC)C(=O)NCc1ccc(O)cc1)c1ccc(NCCCNC(=O)c2ccc(C(=O)NCCCCNC(C=O)N3CCN(CC(=O)O)CCN(CC(=O)O)CCN(CC(=O)O)CC3)cc2)cc1. The van der Waals surface area contributed by atoms with Gasteiger partial charge in [-0.2, -0.15) is 4.99 Å². The number of urea groups is 1. The number of aliphatic carboxylic acids is 3. The summed E-state index contributed by atoms with van der Waals surface area (Å²) in [6, 6.07) is 18.5. The lowest BCUT2D eigenvalue weighted by Crippen LogP contribution is -2.54. The van der Waals surface area contributed by atoms with Gasteiger partial charge in [-0.15, -0.1) is 0 Å². The molecule has 3 aromatic rings. The van der Waals surface area contributed by atoms with Crippen LogP contribution in [0.3, 0.4) is 0 Å². The highest BCUT2D eigenvalue weighted by atomic mass is 16.4. The van der Waals surface area contributed by atoms with Crippen LogP contribution in [-0.4, -0.2) is 236 Å². The summed E-state index contributed by atoms with van der Waals surface area (Å²) in [6.07, 6.45) is 14.8. The van der Waals surface area contributed by atoms with Gasteiger partial charge in [0.15, 0.2) is 12.2 Å². The van der Waals surface area contributed by atoms with Crippen LogP contribution in [0, 0.1) is 0 Å². The van der Waals surface area contributed by atoms with Crippen molar-refractivity contribution in [2.24, 2.45) is 10.7 Å². The van der Waals surface area contributed by atoms with Crippen molar-refractivity contribution in [1.82, 2.24) is 62.1 Å². The van der Waals surface area contributed by atoms with Crippen LogP contribution in [0.5, 0.6) is 5.75 Å². The summed E-state index contributed by atoms with van der Waals surface area (Å²) in [7, 11) is 0. The number of aliphatic imine (C=N–C) groups is 1. The molecule has 7 amide bonds. The molecule has 4 rings (SSSR count). The first-order valence-electron chi connectivity index (χ1n) is 33.0. The molecule has 0 aromatic heterocycles. The van der Waals surface area contributed by atoms with Gasteiger partial charge in [0.25, 0.3) is 11.8 Å². The van der Waals surface area contributed by atoms with Gasteiger partial charge in [-0.3, -0.25) is 63.3 Å². The summed E-state index contributed by atoms with van der Waals surface area (Å²) >= 11 is 0. The molecule has 29 nitrogen and oxygen atoms in total. The van der Waals surface area contributed by atoms with Crippen molar-refractivity contribution in [2.45, 2.75) is 95.8 Å². The molecule has 3 aromatic carbocycles. The monoisotopic (exact) mass is 1350 g/mol. The summed E-state index contributed by atoms with van der Waals surface area (Å²) in [6.45, 7) is 8.96. The minimum atomic E-state index is -1.05. The predicted octanol–water partition coefficient (Wildman–Crippen LogP) is 2.39. The Bertz CT molecular complexity index is 3030. The van der Waals surface area contributed by atoms with Gasteiger partial charge < -0.3 is 73.5 Å². The first kappa shape index (κ1) is 79.9. The molecule has 29 heteroatoms. The second kappa shape index (κ2) is 46.5. The van der Waals surface area contributed by atoms with Gasteiger partial charge >= 0.3 is 23.9 Å². The molecule has 0 aliphatic carbocycles. The molecule has 97 heavy (non-hydrogen) atoms. The Labute approximate surface area is 567 Å². The third-order valence-electron chi connectivity index (χ3n) is 15.6. The minimum absolute atomic E-state index is 0.0803. The highest BCUT2D eigenvalue weighted by Crippen LogP contribution is 2.26. The number of phenols is 1. The maximum absolute atomic E-state index is 14.4. The van der Waals surface area contributed by atoms with Crippen LogP contribution in [0.1, 0.15) is 109 Å². The molecule has 1 aliphatic heterocycles. The first-order valence-corrected chi connectivity index (χ1v) is 33.0. The number of benzene rings is 3. The number of amides is 7. The highest BCUT2D eigenvalue weighted by Gasteiger charge is 2.28. The number of carbonyl (C=O) groups excluding carboxylic acids is 7. The van der Waals surface area contributed by atoms with Gasteiger partial charge in [0.05, 0.1) is 25.6 Å². The maximum atomic E-state index is 14.4. The number of carboxylic acids is 3. The van der Waals surface area contributed by atoms with Crippen LogP contribution < -0.4 is 53.6 Å². The molecular weight excluding hydrogens is 1250 g/mol. The molecule has 2 unspecified atom stereocenters. The van der Waals surface area contributed by atoms with Crippen LogP contribution >= 0.6 is 0 Å². The van der Waals surface area contributed by atoms with E-state index in [9.17, 15) is 68.4 Å². The maximum Gasteiger partial charge on any atom is 0.344 e. The summed E-state index contributed by atoms with van der Waals surface area (Å²) in [5.41, 5.74) is 8.97. The average Bonchev–Trinajstić information content (AvgIpc) is 0.931. The van der Waals surface area contributed by atoms with Crippen molar-refractivity contribution in [3.63, 3.8) is 0 Å². The van der Waals surface area contributed by atoms with Crippen LogP contribution in [0.2, 0.25) is 0 Å². The van der Waals surface area contributed by atoms with Gasteiger partial charge in [0, 0.05) is 121 Å². The number of hydrogen-bond acceptors (Lipinski definition) is 17. The van der Waals surface area contributed by atoms with Crippen molar-refractivity contribution < 1.29 is 68.4 Å². The average molecular weight is 1350 g/mol. The standard InChI is InChI=1S/C68H99N15O14/c1-3-5-6-7-8-9-10-11-16-56(65(95)78-57(66(96)77-45-50-18-28-55(85)29-19-50)17-14-32-75-67(69)79-68(97)76-36-35-72-59(86)4-2)51-24-26-54(27-25-51)70-33-15-34-74-64(94)53-22-20-52(21-23-53)63(93)73-31-13-12-30-71-58(49-84)83-43-41-81(47-61(89)90)39-37-80(46-60(87)88)38-40-82(42-44-83)48-62(91)92/h3,5-8,18-29,49,56-58,70-71,85H,1,4,9-17,30-48H2,2H3,(H,72,86)(H,73,93)(H,74,94)(H,77,96)(H,78,95)(H,87,88)(H,89,90)(H,91,92)(H4,69,75,76,79,97)/b6-5-,8-7-/t56?,57-,58?/m1/s1. The Hall–Kier alpha value is -9.55. The molecule has 530 valence electrons. The minimum Gasteiger partial charge on any atom is -0.508 e. The molecule has 1 saturated heterocycles. The van der Waals surface area contributed by atoms with E-state index in [1.165, 1.54) is 12.1 Å². The number of carboxylic acid groups (broad SMARTS) is 3. The molecule has 0 radical (unpaired) electrons. The van der Waals surface area contributed by atoms with Crippen LogP contribution in [0.4, 0.5) is 10.5 Å². The molecule has 0 bridgehead atoms. The largest absolute Gasteiger partial charge is 0.508 e.